The van der Waals surface area contributed by atoms with Crippen LogP contribution in [0, 0.1) is 17.8 Å². The number of carboxylic acids is 1. The van der Waals surface area contributed by atoms with E-state index < -0.39 is 52.5 Å². The number of aliphatic hydroxyl groups is 2. The Morgan fingerprint density at radius 1 is 0.954 bits per heavy atom. The van der Waals surface area contributed by atoms with Crippen molar-refractivity contribution in [1.29, 1.82) is 0 Å². The highest BCUT2D eigenvalue weighted by molar-refractivity contribution is 7.87. The summed E-state index contributed by atoms with van der Waals surface area (Å²) in [4.78, 5) is 59.8. The monoisotopic (exact) mass is 934 g/mol. The number of aliphatic hydroxyl groups excluding tert-OH is 1. The number of methoxy groups -OCH3 is 1. The average molecular weight is 934 g/mol. The molecule has 1 aliphatic carbocycles. The van der Waals surface area contributed by atoms with E-state index >= 15 is 0 Å². The van der Waals surface area contributed by atoms with Crippen molar-refractivity contribution in [2.24, 2.45) is 28.6 Å². The van der Waals surface area contributed by atoms with Gasteiger partial charge in [0.25, 0.3) is 11.7 Å². The molecule has 7 N–H and O–H groups in total. The molecule has 3 rings (SSSR count). The first-order valence-corrected chi connectivity index (χ1v) is 25.0. The molecule has 0 aromatic carbocycles. The third kappa shape index (κ3) is 22.6. The third-order valence-corrected chi connectivity index (χ3v) is 13.5. The molecule has 65 heavy (non-hydrogen) atoms. The molecule has 0 aromatic rings. The Bertz CT molecular complexity index is 1660. The predicted molar refractivity (Wildman–Crippen MR) is 257 cm³/mol. The Labute approximate surface area is 392 Å². The normalized spacial score (nSPS) is 24.6. The molecule has 370 valence electrons. The van der Waals surface area contributed by atoms with Gasteiger partial charge in [0.1, 0.15) is 27.7 Å². The second kappa shape index (κ2) is 33.0. The molecule has 3 fully saturated rings. The van der Waals surface area contributed by atoms with Crippen molar-refractivity contribution in [3.05, 3.63) is 58.7 Å². The maximum atomic E-state index is 12.5. The number of aliphatic carboxylic acids is 1. The molecular weight excluding hydrogens is 851 g/mol. The highest BCUT2D eigenvalue weighted by Gasteiger charge is 2.50. The van der Waals surface area contributed by atoms with Gasteiger partial charge < -0.3 is 35.4 Å². The molecule has 15 heteroatoms. The SMILES string of the molecule is CC(=O)/C(=C\N)S(N)=O.CC/C(C)=C/C=C/C=C/CC[C@@H](C)C(=O)CC(O)/C(C)=C/CCCCCCC1CCCC(OC)C1.CC1CCCOC1(O)C(=O)C(=O)N1CCCCC1C(=O)O. The molecule has 0 aromatic heterocycles. The number of carboxylic acid groups (broad SMARTS) is 1. The molecule has 2 heterocycles. The fourth-order valence-electron chi connectivity index (χ4n) is 8.04. The highest BCUT2D eigenvalue weighted by atomic mass is 32.2. The first-order valence-electron chi connectivity index (χ1n) is 23.8. The molecule has 2 saturated heterocycles. The summed E-state index contributed by atoms with van der Waals surface area (Å²) in [5, 5.41) is 34.9. The first kappa shape index (κ1) is 59.4. The second-order valence-corrected chi connectivity index (χ2v) is 18.9. The van der Waals surface area contributed by atoms with E-state index in [-0.39, 0.29) is 42.0 Å². The van der Waals surface area contributed by atoms with Crippen LogP contribution in [0.15, 0.2) is 58.7 Å². The predicted octanol–water partition coefficient (Wildman–Crippen LogP) is 7.84. The standard InChI is InChI=1S/C32H54O3.C14H21NO6.C4H8N2O2S/c1-6-26(2)18-13-9-7-10-14-19-27(3)31(33)25-32(34)28(4)20-15-11-8-12-16-21-29-22-17-23-30(24-29)35-5;1-9-5-4-8-21-14(9,20)11(16)12(17)15-7-3-2-6-10(15)13(18)19;1-3(7)4(2-5)9(6)8/h7,9-10,13,18,20,27,29-30,32,34H,6,8,11-12,14-17,19,21-25H2,1-5H3;9-10,20H,2-8H2,1H3,(H,18,19);2H,5-6H2,1H3/b10-7+,13-9+,26-18+,28-20+;;4-2+/t27-,29?,30?,32?;;/m1../s1. The Hall–Kier alpha value is -3.60. The van der Waals surface area contributed by atoms with E-state index in [1.165, 1.54) is 63.9 Å². The van der Waals surface area contributed by atoms with Crippen LogP contribution in [-0.4, -0.2) is 98.0 Å². The number of carbonyl (C=O) groups excluding carboxylic acids is 4. The number of carbonyl (C=O) groups is 5. The van der Waals surface area contributed by atoms with Gasteiger partial charge in [-0.25, -0.2) is 14.1 Å². The van der Waals surface area contributed by atoms with Crippen LogP contribution in [0.4, 0.5) is 0 Å². The van der Waals surface area contributed by atoms with Crippen LogP contribution in [0.1, 0.15) is 164 Å². The Balaban J connectivity index is 0.000000588. The minimum absolute atomic E-state index is 0.0170. The minimum Gasteiger partial charge on any atom is -0.480 e. The summed E-state index contributed by atoms with van der Waals surface area (Å²) < 4.78 is 21.0. The van der Waals surface area contributed by atoms with Crippen molar-refractivity contribution in [1.82, 2.24) is 4.90 Å². The number of Topliss-reactive ketones (excluding diaryl/α,β-unsaturated/α-hetero) is 3. The largest absolute Gasteiger partial charge is 0.480 e. The van der Waals surface area contributed by atoms with Crippen LogP contribution in [-0.2, 0) is 44.4 Å². The number of hydrogen-bond acceptors (Lipinski definition) is 11. The van der Waals surface area contributed by atoms with Gasteiger partial charge in [-0.15, -0.1) is 0 Å². The maximum Gasteiger partial charge on any atom is 0.326 e. The van der Waals surface area contributed by atoms with Crippen LogP contribution in [0.3, 0.4) is 0 Å². The number of ketones is 3. The number of likely N-dealkylation sites (tertiary alicyclic amines) is 1. The Kier molecular flexibility index (Phi) is 30.1. The number of rotatable bonds is 23. The van der Waals surface area contributed by atoms with Crippen molar-refractivity contribution >= 4 is 40.2 Å². The number of ether oxygens (including phenoxy) is 2. The zero-order valence-electron chi connectivity index (χ0n) is 40.5. The lowest BCUT2D eigenvalue weighted by Crippen LogP contribution is -2.59. The molecule has 7 unspecified atom stereocenters. The summed E-state index contributed by atoms with van der Waals surface area (Å²) in [5.74, 6) is -5.12. The van der Waals surface area contributed by atoms with Crippen LogP contribution < -0.4 is 10.9 Å². The fourth-order valence-corrected chi connectivity index (χ4v) is 8.45. The summed E-state index contributed by atoms with van der Waals surface area (Å²) in [6, 6.07) is -1.00. The summed E-state index contributed by atoms with van der Waals surface area (Å²) >= 11 is 0. The molecule has 1 amide bonds. The van der Waals surface area contributed by atoms with E-state index in [0.29, 0.717) is 38.2 Å². The fraction of sp³-hybridized carbons (Fsp3) is 0.700. The molecule has 3 aliphatic rings. The van der Waals surface area contributed by atoms with Gasteiger partial charge in [0.15, 0.2) is 5.78 Å². The van der Waals surface area contributed by atoms with Crippen molar-refractivity contribution in [3.63, 3.8) is 0 Å². The zero-order chi connectivity index (χ0) is 49.0. The number of hydrogen-bond donors (Lipinski definition) is 5. The average Bonchev–Trinajstić information content (AvgIpc) is 3.28. The lowest BCUT2D eigenvalue weighted by molar-refractivity contribution is -0.240. The molecule has 0 bridgehead atoms. The number of amides is 1. The van der Waals surface area contributed by atoms with Gasteiger partial charge in [0.05, 0.1) is 18.8 Å². The van der Waals surface area contributed by atoms with Crippen molar-refractivity contribution < 1.29 is 53.0 Å². The molecule has 8 atom stereocenters. The van der Waals surface area contributed by atoms with Gasteiger partial charge in [-0.05, 0) is 109 Å². The van der Waals surface area contributed by atoms with E-state index in [9.17, 15) is 38.4 Å². The summed E-state index contributed by atoms with van der Waals surface area (Å²) in [6.45, 7) is 11.5. The van der Waals surface area contributed by atoms with Gasteiger partial charge in [0, 0.05) is 38.1 Å². The lowest BCUT2D eigenvalue weighted by atomic mass is 9.84. The van der Waals surface area contributed by atoms with Crippen LogP contribution in [0.25, 0.3) is 0 Å². The van der Waals surface area contributed by atoms with E-state index in [1.54, 1.807) is 6.92 Å². The summed E-state index contributed by atoms with van der Waals surface area (Å²) in [6.07, 6.45) is 31.9. The number of unbranched alkanes of at least 4 members (excludes halogenated alkanes) is 4. The smallest absolute Gasteiger partial charge is 0.326 e. The Morgan fingerprint density at radius 2 is 1.66 bits per heavy atom. The molecule has 1 saturated carbocycles. The number of allylic oxidation sites excluding steroid dienone is 8. The molecule has 14 nitrogen and oxygen atoms in total. The third-order valence-electron chi connectivity index (χ3n) is 12.7. The van der Waals surface area contributed by atoms with Crippen molar-refractivity contribution in [2.75, 3.05) is 20.3 Å². The maximum absolute atomic E-state index is 12.5. The number of nitrogens with zero attached hydrogens (tertiary/aromatic N) is 1. The highest BCUT2D eigenvalue weighted by Crippen LogP contribution is 2.32. The van der Waals surface area contributed by atoms with Crippen molar-refractivity contribution in [2.45, 2.75) is 188 Å². The molecular formula is C50H83N3O11S. The van der Waals surface area contributed by atoms with Gasteiger partial charge in [-0.2, -0.15) is 0 Å². The van der Waals surface area contributed by atoms with E-state index in [1.807, 2.05) is 33.1 Å². The molecule has 2 aliphatic heterocycles. The molecule has 0 radical (unpaired) electrons. The second-order valence-electron chi connectivity index (χ2n) is 17.8. The van der Waals surface area contributed by atoms with Crippen LogP contribution in [0.5, 0.6) is 0 Å². The van der Waals surface area contributed by atoms with Crippen molar-refractivity contribution in [3.8, 4) is 0 Å². The Morgan fingerprint density at radius 3 is 2.26 bits per heavy atom. The molecule has 0 spiro atoms. The quantitative estimate of drug-likeness (QED) is 0.0217. The van der Waals surface area contributed by atoms with Gasteiger partial charge >= 0.3 is 5.97 Å². The van der Waals surface area contributed by atoms with Crippen LogP contribution >= 0.6 is 0 Å². The van der Waals surface area contributed by atoms with E-state index in [0.717, 1.165) is 54.7 Å². The van der Waals surface area contributed by atoms with Crippen LogP contribution in [0.2, 0.25) is 0 Å². The minimum atomic E-state index is -2.13. The number of piperidine rings is 1. The summed E-state index contributed by atoms with van der Waals surface area (Å²) in [7, 11) is 0.103. The number of nitrogens with two attached hydrogens (primary N) is 2. The van der Waals surface area contributed by atoms with Gasteiger partial charge in [-0.3, -0.25) is 19.2 Å². The van der Waals surface area contributed by atoms with E-state index in [4.69, 9.17) is 25.5 Å². The van der Waals surface area contributed by atoms with Gasteiger partial charge in [-0.1, -0.05) is 101 Å². The lowest BCUT2D eigenvalue weighted by Gasteiger charge is -2.38. The summed E-state index contributed by atoms with van der Waals surface area (Å²) in [5.41, 5.74) is 7.23. The first-order chi connectivity index (χ1) is 30.8. The van der Waals surface area contributed by atoms with Gasteiger partial charge in [0.2, 0.25) is 5.79 Å². The zero-order valence-corrected chi connectivity index (χ0v) is 41.3. The van der Waals surface area contributed by atoms with E-state index in [2.05, 4.69) is 38.2 Å². The topological polar surface area (TPSA) is 237 Å².